The molecule has 10 rings (SSSR count). The van der Waals surface area contributed by atoms with Crippen molar-refractivity contribution in [1.29, 1.82) is 0 Å². The Morgan fingerprint density at radius 1 is 0.610 bits per heavy atom. The second-order valence-electron chi connectivity index (χ2n) is 12.1. The van der Waals surface area contributed by atoms with Crippen LogP contribution in [0, 0.1) is 13.8 Å². The topological polar surface area (TPSA) is 4.93 Å². The summed E-state index contributed by atoms with van der Waals surface area (Å²) in [6, 6.07) is 46.3. The Hall–Kier alpha value is -4.82. The van der Waals surface area contributed by atoms with Crippen LogP contribution < -0.4 is 16.5 Å². The van der Waals surface area contributed by atoms with Crippen molar-refractivity contribution in [2.24, 2.45) is 0 Å². The van der Waals surface area contributed by atoms with Gasteiger partial charge in [0.1, 0.15) is 0 Å². The lowest BCUT2D eigenvalue weighted by Crippen LogP contribution is -2.64. The van der Waals surface area contributed by atoms with E-state index in [-0.39, 0.29) is 12.1 Å². The zero-order chi connectivity index (χ0) is 27.0. The molecule has 0 N–H and O–H groups in total. The van der Waals surface area contributed by atoms with Crippen LogP contribution in [0.15, 0.2) is 121 Å². The Morgan fingerprint density at radius 2 is 1.32 bits per heavy atom. The van der Waals surface area contributed by atoms with E-state index in [9.17, 15) is 0 Å². The van der Waals surface area contributed by atoms with E-state index >= 15 is 0 Å². The van der Waals surface area contributed by atoms with E-state index in [1.54, 1.807) is 0 Å². The molecule has 2 aliphatic heterocycles. The van der Waals surface area contributed by atoms with Gasteiger partial charge in [-0.3, -0.25) is 0 Å². The van der Waals surface area contributed by atoms with Crippen LogP contribution in [0.1, 0.15) is 33.4 Å². The fraction of sp³-hybridized carbons (Fsp3) is 0.0769. The molecular weight excluding hydrogens is 493 g/mol. The van der Waals surface area contributed by atoms with E-state index in [1.165, 1.54) is 88.4 Å². The van der Waals surface area contributed by atoms with E-state index < -0.39 is 0 Å². The normalized spacial score (nSPS) is 14.7. The molecule has 1 aliphatic carbocycles. The molecule has 0 unspecified atom stereocenters. The van der Waals surface area contributed by atoms with Crippen LogP contribution in [0.3, 0.4) is 0 Å². The van der Waals surface area contributed by atoms with E-state index in [2.05, 4.69) is 140 Å². The minimum atomic E-state index is -0.350. The van der Waals surface area contributed by atoms with Gasteiger partial charge in [-0.15, -0.1) is 0 Å². The number of hydrogen-bond donors (Lipinski definition) is 0. The van der Waals surface area contributed by atoms with Crippen LogP contribution in [0.25, 0.3) is 38.5 Å². The summed E-state index contributed by atoms with van der Waals surface area (Å²) < 4.78 is 2.57. The molecule has 3 aliphatic rings. The maximum atomic E-state index is 2.57. The van der Waals surface area contributed by atoms with E-state index in [0.29, 0.717) is 0 Å². The molecule has 0 fully saturated rings. The highest BCUT2D eigenvalue weighted by molar-refractivity contribution is 6.98. The van der Waals surface area contributed by atoms with Gasteiger partial charge in [0.05, 0.1) is 16.6 Å². The van der Waals surface area contributed by atoms with Crippen molar-refractivity contribution in [3.8, 4) is 16.8 Å². The summed E-state index contributed by atoms with van der Waals surface area (Å²) in [4.78, 5) is 0. The fourth-order valence-corrected chi connectivity index (χ4v) is 8.75. The van der Waals surface area contributed by atoms with Crippen molar-refractivity contribution >= 4 is 44.9 Å². The summed E-state index contributed by atoms with van der Waals surface area (Å²) in [5.41, 5.74) is 17.6. The average molecular weight is 519 g/mol. The van der Waals surface area contributed by atoms with Crippen molar-refractivity contribution in [1.82, 2.24) is 4.57 Å². The lowest BCUT2D eigenvalue weighted by atomic mass is 9.31. The molecule has 7 aromatic rings. The van der Waals surface area contributed by atoms with Gasteiger partial charge in [-0.05, 0) is 87.5 Å². The van der Waals surface area contributed by atoms with Crippen molar-refractivity contribution < 1.29 is 0 Å². The third kappa shape index (κ3) is 2.36. The van der Waals surface area contributed by atoms with E-state index in [1.807, 2.05) is 0 Å². The first kappa shape index (κ1) is 21.9. The number of nitrogens with zero attached hydrogens (tertiary/aromatic N) is 1. The van der Waals surface area contributed by atoms with Gasteiger partial charge in [0.25, 0.3) is 6.71 Å². The highest BCUT2D eigenvalue weighted by atomic mass is 15.0. The van der Waals surface area contributed by atoms with Crippen molar-refractivity contribution in [3.63, 3.8) is 0 Å². The van der Waals surface area contributed by atoms with Crippen LogP contribution in [-0.4, -0.2) is 11.3 Å². The number of fused-ring (bicyclic) bond motifs is 14. The molecule has 2 heteroatoms. The minimum absolute atomic E-state index is 0.164. The van der Waals surface area contributed by atoms with Crippen LogP contribution >= 0.6 is 0 Å². The SMILES string of the molecule is Cc1ccc2c(cc3n2-c2cccc4ccc5c(c24)B3c2ccccc2C52c3ccccc3-c3ccccc32)c1C. The maximum Gasteiger partial charge on any atom is 0.264 e. The molecule has 0 amide bonds. The quantitative estimate of drug-likeness (QED) is 0.192. The predicted molar refractivity (Wildman–Crippen MR) is 172 cm³/mol. The number of aromatic nitrogens is 1. The maximum absolute atomic E-state index is 2.57. The second kappa shape index (κ2) is 7.27. The number of rotatable bonds is 0. The Balaban J connectivity index is 1.46. The minimum Gasteiger partial charge on any atom is -0.321 e. The molecule has 0 atom stereocenters. The van der Waals surface area contributed by atoms with E-state index in [0.717, 1.165) is 0 Å². The van der Waals surface area contributed by atoms with Crippen molar-refractivity contribution in [2.45, 2.75) is 19.3 Å². The molecule has 3 heterocycles. The average Bonchev–Trinajstić information content (AvgIpc) is 3.55. The van der Waals surface area contributed by atoms with Gasteiger partial charge in [-0.2, -0.15) is 0 Å². The van der Waals surface area contributed by atoms with Gasteiger partial charge in [0.2, 0.25) is 0 Å². The predicted octanol–water partition coefficient (Wildman–Crippen LogP) is 6.91. The Morgan fingerprint density at radius 3 is 2.10 bits per heavy atom. The molecule has 1 nitrogen and oxygen atoms in total. The summed E-state index contributed by atoms with van der Waals surface area (Å²) in [5, 5.41) is 4.08. The zero-order valence-electron chi connectivity index (χ0n) is 23.1. The summed E-state index contributed by atoms with van der Waals surface area (Å²) in [6.45, 7) is 4.67. The lowest BCUT2D eigenvalue weighted by molar-refractivity contribution is 0.775. The van der Waals surface area contributed by atoms with Gasteiger partial charge in [0, 0.05) is 10.8 Å². The number of benzene rings is 6. The Bertz CT molecular complexity index is 2260. The molecule has 41 heavy (non-hydrogen) atoms. The first-order valence-electron chi connectivity index (χ1n) is 14.7. The summed E-state index contributed by atoms with van der Waals surface area (Å²) in [6.07, 6.45) is 0. The number of hydrogen-bond acceptors (Lipinski definition) is 0. The summed E-state index contributed by atoms with van der Waals surface area (Å²) >= 11 is 0. The van der Waals surface area contributed by atoms with Crippen molar-refractivity contribution in [2.75, 3.05) is 0 Å². The molecule has 0 saturated carbocycles. The summed E-state index contributed by atoms with van der Waals surface area (Å²) in [5.74, 6) is 0. The van der Waals surface area contributed by atoms with Crippen LogP contribution in [0.2, 0.25) is 0 Å². The monoisotopic (exact) mass is 519 g/mol. The van der Waals surface area contributed by atoms with Gasteiger partial charge < -0.3 is 4.57 Å². The van der Waals surface area contributed by atoms with Gasteiger partial charge in [0.15, 0.2) is 0 Å². The lowest BCUT2D eigenvalue weighted by Gasteiger charge is -2.44. The molecule has 190 valence electrons. The van der Waals surface area contributed by atoms with Crippen LogP contribution in [0.4, 0.5) is 0 Å². The van der Waals surface area contributed by atoms with Gasteiger partial charge in [-0.1, -0.05) is 114 Å². The second-order valence-corrected chi connectivity index (χ2v) is 12.1. The Kier molecular flexibility index (Phi) is 3.89. The first-order chi connectivity index (χ1) is 20.2. The molecule has 0 radical (unpaired) electrons. The third-order valence-corrected chi connectivity index (χ3v) is 10.5. The third-order valence-electron chi connectivity index (χ3n) is 10.5. The van der Waals surface area contributed by atoms with Gasteiger partial charge >= 0.3 is 0 Å². The molecule has 1 spiro atoms. The first-order valence-corrected chi connectivity index (χ1v) is 14.7. The largest absolute Gasteiger partial charge is 0.321 e. The standard InChI is InChI=1S/C39H26BN/c1-23-18-21-34-28(24(23)2)22-36-40-33-16-8-7-15-31(33)39(29-13-5-3-11-26(29)27-12-4-6-14-30(27)39)32-20-19-25-10-9-17-35(41(34)36)37(25)38(32)40/h3-22H,1-2H3. The highest BCUT2D eigenvalue weighted by Crippen LogP contribution is 2.57. The summed E-state index contributed by atoms with van der Waals surface area (Å²) in [7, 11) is 0. The zero-order valence-corrected chi connectivity index (χ0v) is 23.1. The molecule has 1 aromatic heterocycles. The molecular formula is C39H26BN. The smallest absolute Gasteiger partial charge is 0.264 e. The molecule has 0 bridgehead atoms. The fourth-order valence-electron chi connectivity index (χ4n) is 8.75. The highest BCUT2D eigenvalue weighted by Gasteiger charge is 2.54. The van der Waals surface area contributed by atoms with Crippen LogP contribution in [0.5, 0.6) is 0 Å². The molecule has 6 aromatic carbocycles. The van der Waals surface area contributed by atoms with Gasteiger partial charge in [-0.25, -0.2) is 0 Å². The number of aryl methyl sites for hydroxylation is 2. The molecule has 0 saturated heterocycles. The van der Waals surface area contributed by atoms with Crippen molar-refractivity contribution in [3.05, 3.63) is 155 Å². The van der Waals surface area contributed by atoms with E-state index in [4.69, 9.17) is 0 Å². The Labute approximate surface area is 239 Å². The van der Waals surface area contributed by atoms with Crippen LogP contribution in [-0.2, 0) is 5.41 Å².